The van der Waals surface area contributed by atoms with Crippen LogP contribution in [0.15, 0.2) is 83.8 Å². The van der Waals surface area contributed by atoms with Crippen LogP contribution in [0.5, 0.6) is 0 Å². The molecule has 0 saturated carbocycles. The Morgan fingerprint density at radius 3 is 1.25 bits per heavy atom. The second kappa shape index (κ2) is 60.4. The quantitative estimate of drug-likeness (QED) is 0.0127. The summed E-state index contributed by atoms with van der Waals surface area (Å²) in [6.07, 6.45) is -38.8. The third-order valence-electron chi connectivity index (χ3n) is 23.2. The summed E-state index contributed by atoms with van der Waals surface area (Å²) in [5.41, 5.74) is 9.63. The number of benzene rings is 3. The van der Waals surface area contributed by atoms with Crippen LogP contribution in [0.2, 0.25) is 0 Å². The van der Waals surface area contributed by atoms with Gasteiger partial charge < -0.3 is 151 Å². The van der Waals surface area contributed by atoms with Crippen molar-refractivity contribution in [3.63, 3.8) is 0 Å². The van der Waals surface area contributed by atoms with E-state index in [2.05, 4.69) is 80.4 Å². The second-order valence-electron chi connectivity index (χ2n) is 33.7. The van der Waals surface area contributed by atoms with Crippen molar-refractivity contribution in [1.82, 2.24) is 62.5 Å². The molecule has 2 heterocycles. The van der Waals surface area contributed by atoms with E-state index in [0.717, 1.165) is 22.3 Å². The van der Waals surface area contributed by atoms with Crippen LogP contribution in [0, 0.1) is 23.7 Å². The first-order chi connectivity index (χ1) is 66.8. The third-order valence-corrected chi connectivity index (χ3v) is 24.7. The molecule has 1 aliphatic carbocycles. The molecule has 5 aromatic rings. The third kappa shape index (κ3) is 38.6. The molecule has 0 unspecified atom stereocenters. The Kier molecular flexibility index (Phi) is 51.2. The minimum atomic E-state index is -2.25. The van der Waals surface area contributed by atoms with Gasteiger partial charge in [-0.1, -0.05) is 56.0 Å². The van der Waals surface area contributed by atoms with Gasteiger partial charge in [-0.3, -0.25) is 81.7 Å². The molecule has 3 aromatic carbocycles. The predicted octanol–water partition coefficient (Wildman–Crippen LogP) is -6.94. The Morgan fingerprint density at radius 2 is 0.831 bits per heavy atom. The maximum atomic E-state index is 15.2. The minimum absolute atomic E-state index is 0. The summed E-state index contributed by atoms with van der Waals surface area (Å²) in [5, 5.41) is 213. The summed E-state index contributed by atoms with van der Waals surface area (Å²) in [6.45, 7) is -6.77. The number of nitrogens with two attached hydrogens (primary N) is 1. The Hall–Kier alpha value is -12.1. The smallest absolute Gasteiger partial charge is 0.326 e. The van der Waals surface area contributed by atoms with Crippen molar-refractivity contribution >= 4 is 141 Å². The molecular formula is C90H126N14O36S2. The van der Waals surface area contributed by atoms with Gasteiger partial charge in [-0.2, -0.15) is 29.4 Å². The molecule has 784 valence electrons. The highest BCUT2D eigenvalue weighted by Gasteiger charge is 2.40. The summed E-state index contributed by atoms with van der Waals surface area (Å²) in [6, 6.07) is 13.1. The highest BCUT2D eigenvalue weighted by molar-refractivity contribution is 7.99. The number of ketones is 4. The number of carbonyl (C=O) groups is 16. The van der Waals surface area contributed by atoms with Gasteiger partial charge in [0.05, 0.1) is 74.6 Å². The van der Waals surface area contributed by atoms with Crippen LogP contribution in [0.4, 0.5) is 11.6 Å². The number of aromatic nitrogens is 4. The van der Waals surface area contributed by atoms with Crippen LogP contribution in [-0.4, -0.2) is 372 Å². The lowest BCUT2D eigenvalue weighted by molar-refractivity contribution is -0.143. The van der Waals surface area contributed by atoms with Crippen molar-refractivity contribution in [3.05, 3.63) is 112 Å². The molecule has 1 aliphatic rings. The normalized spacial score (nSPS) is 16.0. The lowest BCUT2D eigenvalue weighted by Gasteiger charge is -2.27. The molecule has 31 N–H and O–H groups in total. The zero-order chi connectivity index (χ0) is 105. The molecule has 0 spiro atoms. The number of amides is 8. The maximum absolute atomic E-state index is 15.2. The molecule has 8 amide bonds. The summed E-state index contributed by atoms with van der Waals surface area (Å²) < 4.78 is 0. The van der Waals surface area contributed by atoms with Gasteiger partial charge in [-0.05, 0) is 85.0 Å². The van der Waals surface area contributed by atoms with Crippen molar-refractivity contribution < 1.29 is 174 Å². The fourth-order valence-corrected chi connectivity index (χ4v) is 16.2. The van der Waals surface area contributed by atoms with Crippen molar-refractivity contribution in [3.8, 4) is 11.1 Å². The van der Waals surface area contributed by atoms with E-state index < -0.39 is 375 Å². The molecule has 142 heavy (non-hydrogen) atoms. The van der Waals surface area contributed by atoms with Gasteiger partial charge >= 0.3 is 23.9 Å². The van der Waals surface area contributed by atoms with E-state index >= 15 is 14.4 Å². The second-order valence-corrected chi connectivity index (χ2v) is 35.2. The number of nitrogens with zero attached hydrogens (tertiary/aromatic N) is 3. The number of rotatable bonds is 68. The van der Waals surface area contributed by atoms with Gasteiger partial charge in [0.15, 0.2) is 28.5 Å². The number of aliphatic hydroxyl groups is 15. The largest absolute Gasteiger partial charge is 0.481 e. The SMILES string of the molecule is C.Nc1nc2ncc(CNc3ccc(C(=O)N[C@@H](CCC(=O)C[C@@H](CCC(=O)NC[C@H](O)[C@@H](O)[C@H](O)[C@H](O)CO)C(=O)N[C@@H](CCC(=O)O)C(=O)C[C@@H](CCC(=O)NC[C@H](O)[C@@H](O)[C@H](O)[C@H](O)CO)C(=O)N[C@@H](CCC(=O)O)C(=O)C[C@@H](CCC(=O)NC[C@H](O)[C@@H](O)[C@H](O)[C@H](O)CO)C(=O)N[C@@H](CNC(=O)CCSCC4c5ccccc5-c5ccccc54)C(=O)C[C@@H](CS)C(=O)O)C(=O)O)cc3)nc2c(=O)[nH]1. The van der Waals surface area contributed by atoms with Crippen molar-refractivity contribution in [1.29, 1.82) is 0 Å². The van der Waals surface area contributed by atoms with Crippen molar-refractivity contribution in [2.24, 2.45) is 23.7 Å². The molecule has 6 rings (SSSR count). The van der Waals surface area contributed by atoms with Crippen LogP contribution in [0.25, 0.3) is 22.3 Å². The molecule has 52 heteroatoms. The number of anilines is 2. The first-order valence-electron chi connectivity index (χ1n) is 44.8. The van der Waals surface area contributed by atoms with Crippen LogP contribution < -0.4 is 59.1 Å². The van der Waals surface area contributed by atoms with Gasteiger partial charge in [0.2, 0.25) is 47.3 Å². The number of H-pyrrole nitrogens is 1. The number of Topliss-reactive ketones (excluding diaryl/α,β-unsaturated/α-hetero) is 4. The number of nitrogen functional groups attached to an aromatic ring is 1. The monoisotopic (exact) mass is 2040 g/mol. The van der Waals surface area contributed by atoms with Gasteiger partial charge in [0, 0.05) is 149 Å². The highest BCUT2D eigenvalue weighted by Crippen LogP contribution is 2.46. The maximum Gasteiger partial charge on any atom is 0.326 e. The van der Waals surface area contributed by atoms with Gasteiger partial charge in [-0.15, -0.1) is 0 Å². The standard InChI is InChI=1S/C89H122N14O36S2.CH4/c90-89-102-81-74(86(135)103-89)97-48(32-96-81)31-91-47-14-9-42(10-15-47)82(131)100-57(88(138)139)17-16-49(107)27-43(11-20-68(117)93-34-62(111)75(125)78(128)65(114)37-104)83(132)98-55(18-23-72(121)122)59(108)28-44(12-21-69(118)94-35-63(112)76(126)79(129)66(115)38-105)84(133)99-56(19-24-73(123)124)60(109)29-45(13-22-70(119)95-36-64(113)77(127)80(130)67(116)39-106)85(134)101-58(61(110)30-46(40-140)87(136)137)33-92-71(120)25-26-141-41-54-52-7-3-1-5-50(52)51-6-2-4-8-53(51)54;/h1-10,14-15,32,43-46,54-58,62-67,75-80,91,104-106,111-116,125-130,140H,11-13,16-31,33-41H2,(H,92,120)(H,93,117)(H,94,118)(H,95,119)(H,98,132)(H,99,133)(H,100,131)(H,101,134)(H,121,122)(H,123,124)(H,136,137)(H,138,139)(H3,90,96,102,103,135);1H4/t43-,44-,45-,46+,55+,56+,57+,58+,62+,63+,64+,65-,66-,67-,75-,76-,77-,78-,79-,80-;/m1./s1. The molecule has 0 bridgehead atoms. The number of hydrogen-bond donors (Lipinski definition) is 31. The lowest BCUT2D eigenvalue weighted by atomic mass is 9.88. The van der Waals surface area contributed by atoms with Crippen LogP contribution >= 0.6 is 24.4 Å². The van der Waals surface area contributed by atoms with E-state index in [4.69, 9.17) is 5.73 Å². The summed E-state index contributed by atoms with van der Waals surface area (Å²) >= 11 is 5.48. The van der Waals surface area contributed by atoms with Crippen molar-refractivity contribution in [2.75, 3.05) is 74.3 Å². The average Bonchev–Trinajstić information content (AvgIpc) is 1.61. The lowest BCUT2D eigenvalue weighted by Crippen LogP contribution is -2.52. The minimum Gasteiger partial charge on any atom is -0.481 e. The summed E-state index contributed by atoms with van der Waals surface area (Å²) in [5.74, 6) is -27.3. The fraction of sp³-hybridized carbons (Fsp3) is 0.556. The molecule has 0 aliphatic heterocycles. The Labute approximate surface area is 821 Å². The van der Waals surface area contributed by atoms with Gasteiger partial charge in [0.25, 0.3) is 11.5 Å². The first kappa shape index (κ1) is 120. The fourth-order valence-electron chi connectivity index (χ4n) is 14.8. The molecule has 0 saturated heterocycles. The van der Waals surface area contributed by atoms with E-state index in [1.54, 1.807) is 0 Å². The number of thiol groups is 1. The molecule has 50 nitrogen and oxygen atoms in total. The zero-order valence-electron chi connectivity index (χ0n) is 76.1. The molecule has 20 atom stereocenters. The summed E-state index contributed by atoms with van der Waals surface area (Å²) in [7, 11) is 0. The first-order valence-corrected chi connectivity index (χ1v) is 46.6. The van der Waals surface area contributed by atoms with Crippen LogP contribution in [0.3, 0.4) is 0 Å². The number of nitrogens with one attached hydrogen (secondary N) is 10. The Bertz CT molecular complexity index is 5120. The average molecular weight is 2040 g/mol. The predicted molar refractivity (Wildman–Crippen MR) is 503 cm³/mol. The highest BCUT2D eigenvalue weighted by atomic mass is 32.2. The number of aliphatic hydroxyl groups excluding tert-OH is 15. The molecule has 0 fully saturated rings. The topological polar surface area (TPSA) is 863 Å². The van der Waals surface area contributed by atoms with E-state index in [1.807, 2.05) is 48.5 Å². The zero-order valence-corrected chi connectivity index (χ0v) is 77.9. The van der Waals surface area contributed by atoms with E-state index in [9.17, 15) is 164 Å². The Balaban J connectivity index is 0.0000355. The molecule has 2 aromatic heterocycles. The van der Waals surface area contributed by atoms with Crippen LogP contribution in [0.1, 0.15) is 150 Å². The van der Waals surface area contributed by atoms with E-state index in [1.165, 1.54) is 42.2 Å². The number of hydrogen-bond acceptors (Lipinski definition) is 39. The number of carboxylic acid groups (broad SMARTS) is 4. The number of carbonyl (C=O) groups excluding carboxylic acids is 12. The number of fused-ring (bicyclic) bond motifs is 4. The van der Waals surface area contributed by atoms with Gasteiger partial charge in [0.1, 0.15) is 72.8 Å². The number of aliphatic carboxylic acids is 4. The molecule has 0 radical (unpaired) electrons. The van der Waals surface area contributed by atoms with Crippen LogP contribution in [-0.2, 0) is 78.5 Å². The van der Waals surface area contributed by atoms with Gasteiger partial charge in [-0.25, -0.2) is 14.8 Å². The summed E-state index contributed by atoms with van der Waals surface area (Å²) in [4.78, 5) is 248. The van der Waals surface area contributed by atoms with Crippen molar-refractivity contribution in [2.45, 2.75) is 226 Å². The molecular weight excluding hydrogens is 1920 g/mol. The Morgan fingerprint density at radius 1 is 0.437 bits per heavy atom. The van der Waals surface area contributed by atoms with E-state index in [-0.39, 0.29) is 60.4 Å². The van der Waals surface area contributed by atoms with E-state index in [0.29, 0.717) is 11.4 Å². The number of thioether (sulfide) groups is 1. The number of carboxylic acids is 4. The number of aromatic amines is 1.